The van der Waals surface area contributed by atoms with Crippen LogP contribution >= 0.6 is 0 Å². The van der Waals surface area contributed by atoms with Crippen LogP contribution in [-0.4, -0.2) is 51.4 Å². The van der Waals surface area contributed by atoms with Crippen LogP contribution in [0, 0.1) is 5.41 Å². The number of carboxylic acid groups (broad SMARTS) is 1. The van der Waals surface area contributed by atoms with Gasteiger partial charge in [-0.1, -0.05) is 18.6 Å². The van der Waals surface area contributed by atoms with Crippen molar-refractivity contribution in [1.82, 2.24) is 9.80 Å². The topological polar surface area (TPSA) is 77.9 Å². The third-order valence-electron chi connectivity index (χ3n) is 5.32. The molecule has 1 aromatic rings. The molecule has 0 bridgehead atoms. The fraction of sp³-hybridized carbons (Fsp3) is 0.526. The number of imide groups is 1. The number of carbonyl (C=O) groups excluding carboxylic acids is 2. The molecule has 0 radical (unpaired) electrons. The van der Waals surface area contributed by atoms with Crippen LogP contribution in [-0.2, 0) is 0 Å². The van der Waals surface area contributed by atoms with Gasteiger partial charge in [-0.3, -0.25) is 14.5 Å². The molecule has 1 N–H and O–H groups in total. The van der Waals surface area contributed by atoms with Crippen molar-refractivity contribution < 1.29 is 19.5 Å². The predicted molar refractivity (Wildman–Crippen MR) is 92.6 cm³/mol. The first-order chi connectivity index (χ1) is 11.6. The zero-order valence-electron chi connectivity index (χ0n) is 14.9. The van der Waals surface area contributed by atoms with E-state index in [9.17, 15) is 19.5 Å². The molecule has 25 heavy (non-hydrogen) atoms. The van der Waals surface area contributed by atoms with E-state index in [-0.39, 0.29) is 23.8 Å². The van der Waals surface area contributed by atoms with Crippen LogP contribution in [0.15, 0.2) is 24.3 Å². The van der Waals surface area contributed by atoms with Crippen LogP contribution in [0.3, 0.4) is 0 Å². The van der Waals surface area contributed by atoms with E-state index < -0.39 is 11.6 Å². The second kappa shape index (κ2) is 5.86. The number of rotatable bonds is 4. The fourth-order valence-electron chi connectivity index (χ4n) is 3.69. The molecule has 0 spiro atoms. The Morgan fingerprint density at radius 1 is 1.16 bits per heavy atom. The van der Waals surface area contributed by atoms with Gasteiger partial charge in [-0.2, -0.15) is 0 Å². The number of fused-ring (bicyclic) bond motifs is 1. The highest BCUT2D eigenvalue weighted by Gasteiger charge is 2.47. The Morgan fingerprint density at radius 3 is 2.04 bits per heavy atom. The van der Waals surface area contributed by atoms with E-state index in [0.29, 0.717) is 17.7 Å². The van der Waals surface area contributed by atoms with Crippen molar-refractivity contribution in [3.05, 3.63) is 35.4 Å². The van der Waals surface area contributed by atoms with Gasteiger partial charge in [0, 0.05) is 24.0 Å². The summed E-state index contributed by atoms with van der Waals surface area (Å²) in [6.07, 6.45) is 1.66. The second-order valence-electron chi connectivity index (χ2n) is 8.14. The van der Waals surface area contributed by atoms with Crippen LogP contribution in [0.1, 0.15) is 60.7 Å². The quantitative estimate of drug-likeness (QED) is 0.851. The average Bonchev–Trinajstić information content (AvgIpc) is 2.73. The lowest BCUT2D eigenvalue weighted by Gasteiger charge is -2.48. The van der Waals surface area contributed by atoms with Crippen LogP contribution < -0.4 is 0 Å². The van der Waals surface area contributed by atoms with E-state index in [1.165, 1.54) is 9.80 Å². The number of nitrogens with zero attached hydrogens (tertiary/aromatic N) is 2. The van der Waals surface area contributed by atoms with Crippen LogP contribution in [0.2, 0.25) is 0 Å². The largest absolute Gasteiger partial charge is 0.465 e. The summed E-state index contributed by atoms with van der Waals surface area (Å²) >= 11 is 0. The normalized spacial score (nSPS) is 18.8. The summed E-state index contributed by atoms with van der Waals surface area (Å²) < 4.78 is 0. The minimum Gasteiger partial charge on any atom is -0.465 e. The molecule has 6 nitrogen and oxygen atoms in total. The first kappa shape index (κ1) is 17.5. The first-order valence-corrected chi connectivity index (χ1v) is 8.60. The summed E-state index contributed by atoms with van der Waals surface area (Å²) in [5, 5.41) is 9.58. The number of hydrogen-bond acceptors (Lipinski definition) is 3. The van der Waals surface area contributed by atoms with Crippen molar-refractivity contribution >= 4 is 17.9 Å². The first-order valence-electron chi connectivity index (χ1n) is 8.60. The van der Waals surface area contributed by atoms with Gasteiger partial charge in [0.25, 0.3) is 11.8 Å². The molecule has 1 aliphatic carbocycles. The molecule has 0 unspecified atom stereocenters. The third-order valence-corrected chi connectivity index (χ3v) is 5.32. The van der Waals surface area contributed by atoms with Gasteiger partial charge in [0.1, 0.15) is 0 Å². The Kier molecular flexibility index (Phi) is 4.09. The molecule has 1 saturated carbocycles. The monoisotopic (exact) mass is 344 g/mol. The zero-order valence-corrected chi connectivity index (χ0v) is 14.9. The van der Waals surface area contributed by atoms with Gasteiger partial charge in [-0.25, -0.2) is 4.79 Å². The molecule has 1 aliphatic heterocycles. The summed E-state index contributed by atoms with van der Waals surface area (Å²) in [6, 6.07) is 6.83. The second-order valence-corrected chi connectivity index (χ2v) is 8.14. The van der Waals surface area contributed by atoms with Crippen molar-refractivity contribution in [3.63, 3.8) is 0 Å². The van der Waals surface area contributed by atoms with Crippen LogP contribution in [0.5, 0.6) is 0 Å². The third kappa shape index (κ3) is 3.01. The molecule has 3 rings (SSSR count). The van der Waals surface area contributed by atoms with Gasteiger partial charge < -0.3 is 10.0 Å². The average molecular weight is 344 g/mol. The summed E-state index contributed by atoms with van der Waals surface area (Å²) in [5.41, 5.74) is -0.00380. The van der Waals surface area contributed by atoms with Gasteiger partial charge in [-0.15, -0.1) is 0 Å². The Morgan fingerprint density at radius 2 is 1.68 bits per heavy atom. The van der Waals surface area contributed by atoms with Crippen molar-refractivity contribution in [2.45, 2.75) is 45.6 Å². The summed E-state index contributed by atoms with van der Waals surface area (Å²) in [5.74, 6) is -0.547. The van der Waals surface area contributed by atoms with E-state index in [1.54, 1.807) is 24.3 Å². The van der Waals surface area contributed by atoms with Crippen molar-refractivity contribution in [1.29, 1.82) is 0 Å². The summed E-state index contributed by atoms with van der Waals surface area (Å²) in [4.78, 5) is 39.6. The van der Waals surface area contributed by atoms with Gasteiger partial charge in [0.2, 0.25) is 0 Å². The van der Waals surface area contributed by atoms with Crippen molar-refractivity contribution in [2.75, 3.05) is 13.1 Å². The molecule has 0 atom stereocenters. The zero-order chi connectivity index (χ0) is 18.4. The van der Waals surface area contributed by atoms with E-state index in [4.69, 9.17) is 0 Å². The maximum Gasteiger partial charge on any atom is 0.407 e. The highest BCUT2D eigenvalue weighted by Crippen LogP contribution is 2.44. The molecular weight excluding hydrogens is 320 g/mol. The number of carbonyl (C=O) groups is 3. The highest BCUT2D eigenvalue weighted by molar-refractivity contribution is 6.21. The molecule has 134 valence electrons. The van der Waals surface area contributed by atoms with E-state index >= 15 is 0 Å². The Bertz CT molecular complexity index is 696. The summed E-state index contributed by atoms with van der Waals surface area (Å²) in [6.45, 7) is 6.18. The molecule has 3 amide bonds. The molecule has 1 heterocycles. The Hall–Kier alpha value is -2.37. The van der Waals surface area contributed by atoms with Crippen molar-refractivity contribution in [2.24, 2.45) is 5.41 Å². The van der Waals surface area contributed by atoms with Gasteiger partial charge in [0.05, 0.1) is 11.1 Å². The van der Waals surface area contributed by atoms with E-state index in [2.05, 4.69) is 0 Å². The standard InChI is InChI=1S/C19H24N2O4/c1-18(2,3)21(17(24)25)12-19(9-6-10-19)11-20-15(22)13-7-4-5-8-14(13)16(20)23/h4-5,7-8H,6,9-12H2,1-3H3,(H,24,25). The Balaban J connectivity index is 1.82. The minimum atomic E-state index is -0.971. The fourth-order valence-corrected chi connectivity index (χ4v) is 3.69. The number of benzene rings is 1. The lowest BCUT2D eigenvalue weighted by atomic mass is 9.67. The highest BCUT2D eigenvalue weighted by atomic mass is 16.4. The van der Waals surface area contributed by atoms with Gasteiger partial charge in [0.15, 0.2) is 0 Å². The smallest absolute Gasteiger partial charge is 0.407 e. The Labute approximate surface area is 147 Å². The van der Waals surface area contributed by atoms with Crippen LogP contribution in [0.4, 0.5) is 4.79 Å². The molecule has 1 aromatic carbocycles. The maximum absolute atomic E-state index is 12.6. The van der Waals surface area contributed by atoms with Gasteiger partial charge in [-0.05, 0) is 45.7 Å². The minimum absolute atomic E-state index is 0.274. The predicted octanol–water partition coefficient (Wildman–Crippen LogP) is 3.23. The lowest BCUT2D eigenvalue weighted by molar-refractivity contribution is 0.00644. The molecule has 0 aromatic heterocycles. The molecule has 1 fully saturated rings. The van der Waals surface area contributed by atoms with Crippen molar-refractivity contribution in [3.8, 4) is 0 Å². The molecular formula is C19H24N2O4. The maximum atomic E-state index is 12.6. The van der Waals surface area contributed by atoms with E-state index in [0.717, 1.165) is 19.3 Å². The number of amides is 3. The SMILES string of the molecule is CC(C)(C)N(CC1(CN2C(=O)c3ccccc3C2=O)CCC1)C(=O)O. The van der Waals surface area contributed by atoms with Gasteiger partial charge >= 0.3 is 6.09 Å². The van der Waals surface area contributed by atoms with E-state index in [1.807, 2.05) is 20.8 Å². The van der Waals surface area contributed by atoms with Crippen LogP contribution in [0.25, 0.3) is 0 Å². The molecule has 6 heteroatoms. The lowest BCUT2D eigenvalue weighted by Crippen LogP contribution is -2.56. The number of hydrogen-bond donors (Lipinski definition) is 1. The molecule has 2 aliphatic rings. The molecule has 0 saturated heterocycles. The summed E-state index contributed by atoms with van der Waals surface area (Å²) in [7, 11) is 0.